The molecule has 13 aromatic rings. The molecule has 0 aliphatic carbocycles. The summed E-state index contributed by atoms with van der Waals surface area (Å²) in [6.45, 7) is 0. The van der Waals surface area contributed by atoms with Crippen LogP contribution in [0.3, 0.4) is 0 Å². The number of fused-ring (bicyclic) bond motifs is 12. The van der Waals surface area contributed by atoms with Gasteiger partial charge in [-0.05, 0) is 48.5 Å². The second-order valence-electron chi connectivity index (χ2n) is 14.1. The summed E-state index contributed by atoms with van der Waals surface area (Å²) in [5.41, 5.74) is 11.9. The zero-order valence-corrected chi connectivity index (χ0v) is 31.8. The Morgan fingerprint density at radius 1 is 0.379 bits per heavy atom. The first-order valence-electron chi connectivity index (χ1n) is 18.6. The summed E-state index contributed by atoms with van der Waals surface area (Å²) in [5.74, 6) is 0.742. The average molecular weight is 781 g/mol. The molecule has 0 saturated carbocycles. The van der Waals surface area contributed by atoms with Gasteiger partial charge in [0.25, 0.3) is 0 Å². The summed E-state index contributed by atoms with van der Waals surface area (Å²) in [5, 5.41) is 4.53. The lowest BCUT2D eigenvalue weighted by Gasteiger charge is -2.08. The van der Waals surface area contributed by atoms with Crippen molar-refractivity contribution in [2.75, 3.05) is 0 Å². The number of hydrogen-bond acceptors (Lipinski definition) is 10. The van der Waals surface area contributed by atoms with Crippen molar-refractivity contribution in [2.45, 2.75) is 0 Å². The molecule has 13 rings (SSSR count). The van der Waals surface area contributed by atoms with E-state index in [0.717, 1.165) is 108 Å². The highest BCUT2D eigenvalue weighted by Crippen LogP contribution is 2.39. The van der Waals surface area contributed by atoms with E-state index in [4.69, 9.17) is 29.9 Å². The molecular formula is C46H24N10S2. The molecule has 0 spiro atoms. The van der Waals surface area contributed by atoms with Gasteiger partial charge in [-0.15, -0.1) is 0 Å². The third kappa shape index (κ3) is 4.58. The van der Waals surface area contributed by atoms with Crippen LogP contribution >= 0.6 is 22.7 Å². The van der Waals surface area contributed by atoms with Gasteiger partial charge in [0.05, 0.1) is 52.0 Å². The van der Waals surface area contributed by atoms with Gasteiger partial charge in [0.15, 0.2) is 5.82 Å². The van der Waals surface area contributed by atoms with Crippen molar-refractivity contribution in [3.8, 4) is 34.0 Å². The van der Waals surface area contributed by atoms with Crippen LogP contribution in [0.4, 0.5) is 0 Å². The van der Waals surface area contributed by atoms with Gasteiger partial charge in [-0.2, -0.15) is 0 Å². The first-order valence-corrected chi connectivity index (χ1v) is 20.3. The Morgan fingerprint density at radius 2 is 0.879 bits per heavy atom. The molecule has 0 radical (unpaired) electrons. The molecule has 0 fully saturated rings. The molecule has 58 heavy (non-hydrogen) atoms. The van der Waals surface area contributed by atoms with Crippen molar-refractivity contribution < 1.29 is 0 Å². The lowest BCUT2D eigenvalue weighted by atomic mass is 10.0. The van der Waals surface area contributed by atoms with Crippen LogP contribution in [0.5, 0.6) is 0 Å². The smallest absolute Gasteiger partial charge is 0.157 e. The van der Waals surface area contributed by atoms with E-state index < -0.39 is 0 Å². The Morgan fingerprint density at radius 3 is 1.52 bits per heavy atom. The van der Waals surface area contributed by atoms with Crippen molar-refractivity contribution in [1.82, 2.24) is 49.0 Å². The Balaban J connectivity index is 0.986. The number of rotatable bonds is 4. The van der Waals surface area contributed by atoms with E-state index in [9.17, 15) is 0 Å². The minimum Gasteiger partial charge on any atom is -0.309 e. The molecule has 270 valence electrons. The van der Waals surface area contributed by atoms with Crippen LogP contribution in [0.1, 0.15) is 0 Å². The molecular weight excluding hydrogens is 757 g/mol. The maximum Gasteiger partial charge on any atom is 0.157 e. The first-order chi connectivity index (χ1) is 28.7. The van der Waals surface area contributed by atoms with Crippen LogP contribution in [0, 0.1) is 0 Å². The Hall–Kier alpha value is -7.54. The summed E-state index contributed by atoms with van der Waals surface area (Å²) in [6.07, 6.45) is 8.95. The molecule has 0 atom stereocenters. The van der Waals surface area contributed by atoms with E-state index in [-0.39, 0.29) is 0 Å². The monoisotopic (exact) mass is 780 g/mol. The third-order valence-electron chi connectivity index (χ3n) is 10.9. The topological polar surface area (TPSA) is 113 Å². The van der Waals surface area contributed by atoms with E-state index in [1.165, 1.54) is 33.4 Å². The second kappa shape index (κ2) is 12.0. The van der Waals surface area contributed by atoms with Gasteiger partial charge in [-0.3, -0.25) is 4.57 Å². The molecule has 0 aliphatic rings. The maximum absolute atomic E-state index is 5.25. The van der Waals surface area contributed by atoms with Gasteiger partial charge in [0, 0.05) is 50.8 Å². The van der Waals surface area contributed by atoms with Crippen LogP contribution in [-0.4, -0.2) is 49.0 Å². The highest BCUT2D eigenvalue weighted by molar-refractivity contribution is 7.25. The Bertz CT molecular complexity index is 3770. The number of nitrogens with zero attached hydrogens (tertiary/aromatic N) is 10. The van der Waals surface area contributed by atoms with E-state index in [0.29, 0.717) is 0 Å². The molecule has 10 nitrogen and oxygen atoms in total. The molecule has 8 heterocycles. The zero-order valence-electron chi connectivity index (χ0n) is 30.1. The fourth-order valence-electron chi connectivity index (χ4n) is 8.31. The third-order valence-corrected chi connectivity index (χ3v) is 12.9. The predicted octanol–water partition coefficient (Wildman–Crippen LogP) is 11.1. The number of hydrogen-bond donors (Lipinski definition) is 0. The van der Waals surface area contributed by atoms with Gasteiger partial charge in [-0.1, -0.05) is 89.4 Å². The van der Waals surface area contributed by atoms with E-state index in [2.05, 4.69) is 128 Å². The largest absolute Gasteiger partial charge is 0.309 e. The van der Waals surface area contributed by atoms with Crippen molar-refractivity contribution in [2.24, 2.45) is 0 Å². The fraction of sp³-hybridized carbons (Fsp3) is 0. The van der Waals surface area contributed by atoms with Crippen LogP contribution in [0.2, 0.25) is 0 Å². The lowest BCUT2D eigenvalue weighted by Crippen LogP contribution is -1.98. The number of thiophene rings is 2. The van der Waals surface area contributed by atoms with Crippen LogP contribution in [0.15, 0.2) is 146 Å². The van der Waals surface area contributed by atoms with E-state index in [1.807, 2.05) is 24.7 Å². The number of benzene rings is 5. The SMILES string of the molecule is c1ccc(-n2c3ccc(-c4cnc5sc6nccnc6c5n4)cc3c3cc(-c4cnc5sc6ncc(-n7c8ccccc8c8ccccc87)nc6c5n4)ccc32)cc1. The van der Waals surface area contributed by atoms with Gasteiger partial charge in [-0.25, -0.2) is 39.9 Å². The number of aromatic nitrogens is 10. The summed E-state index contributed by atoms with van der Waals surface area (Å²) in [7, 11) is 0. The summed E-state index contributed by atoms with van der Waals surface area (Å²) >= 11 is 3.01. The molecule has 0 N–H and O–H groups in total. The first kappa shape index (κ1) is 31.6. The Labute approximate surface area is 335 Å². The fourth-order valence-corrected chi connectivity index (χ4v) is 10.1. The van der Waals surface area contributed by atoms with Crippen molar-refractivity contribution in [3.05, 3.63) is 146 Å². The molecule has 5 aromatic carbocycles. The van der Waals surface area contributed by atoms with E-state index in [1.54, 1.807) is 12.4 Å². The molecule has 8 aromatic heterocycles. The van der Waals surface area contributed by atoms with Gasteiger partial charge in [0.2, 0.25) is 0 Å². The summed E-state index contributed by atoms with van der Waals surface area (Å²) in [4.78, 5) is 42.4. The number of para-hydroxylation sites is 3. The average Bonchev–Trinajstić information content (AvgIpc) is 4.03. The molecule has 0 aliphatic heterocycles. The maximum atomic E-state index is 5.25. The van der Waals surface area contributed by atoms with Crippen LogP contribution in [0.25, 0.3) is 119 Å². The molecule has 12 heteroatoms. The predicted molar refractivity (Wildman–Crippen MR) is 234 cm³/mol. The van der Waals surface area contributed by atoms with Crippen molar-refractivity contribution in [3.63, 3.8) is 0 Å². The standard InChI is InChI=1S/C46H24N10S2/c1-2-8-27(9-3-1)55-36-16-14-25(32-22-49-44-40(52-32)39-43(57-44)48-19-18-47-39)20-30(36)31-21-26(15-17-37(31)55)33-23-50-45-41(53-33)42-46(58-45)51-24-38(54-42)56-34-12-6-4-10-28(34)29-11-5-7-13-35(29)56/h1-24H. The van der Waals surface area contributed by atoms with Crippen LogP contribution < -0.4 is 0 Å². The molecule has 0 amide bonds. The van der Waals surface area contributed by atoms with Crippen LogP contribution in [-0.2, 0) is 0 Å². The van der Waals surface area contributed by atoms with Gasteiger partial charge in [0.1, 0.15) is 41.4 Å². The molecule has 0 unspecified atom stereocenters. The van der Waals surface area contributed by atoms with Gasteiger partial charge < -0.3 is 4.57 Å². The second-order valence-corrected chi connectivity index (χ2v) is 16.1. The highest BCUT2D eigenvalue weighted by Gasteiger charge is 2.20. The van der Waals surface area contributed by atoms with Crippen molar-refractivity contribution in [1.29, 1.82) is 0 Å². The quantitative estimate of drug-likeness (QED) is 0.173. The normalized spacial score (nSPS) is 12.1. The van der Waals surface area contributed by atoms with Gasteiger partial charge >= 0.3 is 0 Å². The van der Waals surface area contributed by atoms with Crippen molar-refractivity contribution >= 4 is 108 Å². The minimum absolute atomic E-state index is 0.737. The highest BCUT2D eigenvalue weighted by atomic mass is 32.1. The molecule has 0 bridgehead atoms. The Kier molecular flexibility index (Phi) is 6.54. The summed E-state index contributed by atoms with van der Waals surface area (Å²) in [6, 6.07) is 40.3. The molecule has 0 saturated heterocycles. The zero-order chi connectivity index (χ0) is 37.9. The minimum atomic E-state index is 0.737. The lowest BCUT2D eigenvalue weighted by molar-refractivity contribution is 1.08. The summed E-state index contributed by atoms with van der Waals surface area (Å²) < 4.78 is 4.49. The van der Waals surface area contributed by atoms with E-state index >= 15 is 0 Å².